The van der Waals surface area contributed by atoms with Gasteiger partial charge in [0.1, 0.15) is 22.7 Å². The van der Waals surface area contributed by atoms with Crippen molar-refractivity contribution in [3.05, 3.63) is 65.4 Å². The molecule has 0 bridgehead atoms. The molecule has 4 aromatic rings. The van der Waals surface area contributed by atoms with Gasteiger partial charge in [-0.15, -0.1) is 0 Å². The zero-order valence-electron chi connectivity index (χ0n) is 12.3. The van der Waals surface area contributed by atoms with Crippen molar-refractivity contribution in [2.45, 2.75) is 0 Å². The van der Waals surface area contributed by atoms with Crippen molar-refractivity contribution in [3.63, 3.8) is 0 Å². The van der Waals surface area contributed by atoms with Crippen molar-refractivity contribution in [1.82, 2.24) is 0 Å². The van der Waals surface area contributed by atoms with Crippen LogP contribution in [0.2, 0.25) is 5.02 Å². The first-order valence-corrected chi connectivity index (χ1v) is 7.50. The van der Waals surface area contributed by atoms with E-state index in [4.69, 9.17) is 20.8 Å². The first-order valence-electron chi connectivity index (χ1n) is 7.12. The lowest BCUT2D eigenvalue weighted by atomic mass is 10.0. The van der Waals surface area contributed by atoms with Gasteiger partial charge in [0.15, 0.2) is 0 Å². The number of methoxy groups -OCH3 is 1. The van der Waals surface area contributed by atoms with Gasteiger partial charge in [0.05, 0.1) is 12.1 Å². The summed E-state index contributed by atoms with van der Waals surface area (Å²) in [6.45, 7) is 0. The van der Waals surface area contributed by atoms with Crippen LogP contribution in [-0.4, -0.2) is 7.11 Å². The molecule has 0 amide bonds. The van der Waals surface area contributed by atoms with E-state index in [1.54, 1.807) is 25.3 Å². The molecule has 0 fully saturated rings. The van der Waals surface area contributed by atoms with Gasteiger partial charge in [0.2, 0.25) is 0 Å². The number of hydrogen-bond acceptors (Lipinski definition) is 2. The normalized spacial score (nSPS) is 11.3. The lowest BCUT2D eigenvalue weighted by Gasteiger charge is -2.10. The fourth-order valence-electron chi connectivity index (χ4n) is 2.84. The van der Waals surface area contributed by atoms with E-state index in [1.165, 1.54) is 6.07 Å². The van der Waals surface area contributed by atoms with Crippen molar-refractivity contribution in [2.24, 2.45) is 0 Å². The van der Waals surface area contributed by atoms with Crippen molar-refractivity contribution < 1.29 is 13.5 Å². The Bertz CT molecular complexity index is 1040. The SMILES string of the molecule is COc1cc2oc3ccccc3c2cc1-c1cccc(Cl)c1F. The third-order valence-corrected chi connectivity index (χ3v) is 4.23. The molecule has 1 aromatic heterocycles. The number of ether oxygens (including phenoxy) is 1. The molecule has 0 atom stereocenters. The second-order valence-corrected chi connectivity index (χ2v) is 5.66. The molecule has 4 rings (SSSR count). The Kier molecular flexibility index (Phi) is 3.24. The minimum atomic E-state index is -0.459. The summed E-state index contributed by atoms with van der Waals surface area (Å²) in [4.78, 5) is 0. The maximum atomic E-state index is 14.4. The molecule has 0 radical (unpaired) electrons. The monoisotopic (exact) mass is 326 g/mol. The Hall–Kier alpha value is -2.52. The van der Waals surface area contributed by atoms with E-state index in [2.05, 4.69) is 0 Å². The molecule has 2 nitrogen and oxygen atoms in total. The number of hydrogen-bond donors (Lipinski definition) is 0. The van der Waals surface area contributed by atoms with Crippen molar-refractivity contribution >= 4 is 33.5 Å². The first kappa shape index (κ1) is 14.1. The molecule has 0 saturated carbocycles. The van der Waals surface area contributed by atoms with Gasteiger partial charge in [-0.3, -0.25) is 0 Å². The summed E-state index contributed by atoms with van der Waals surface area (Å²) < 4.78 is 25.7. The van der Waals surface area contributed by atoms with E-state index < -0.39 is 5.82 Å². The van der Waals surface area contributed by atoms with Crippen molar-refractivity contribution in [1.29, 1.82) is 0 Å². The van der Waals surface area contributed by atoms with Crippen LogP contribution in [0.3, 0.4) is 0 Å². The molecule has 0 N–H and O–H groups in total. The molecular weight excluding hydrogens is 315 g/mol. The topological polar surface area (TPSA) is 22.4 Å². The number of fused-ring (bicyclic) bond motifs is 3. The third-order valence-electron chi connectivity index (χ3n) is 3.94. The van der Waals surface area contributed by atoms with Gasteiger partial charge >= 0.3 is 0 Å². The van der Waals surface area contributed by atoms with Crippen LogP contribution in [0, 0.1) is 5.82 Å². The highest BCUT2D eigenvalue weighted by Crippen LogP contribution is 2.40. The number of para-hydroxylation sites is 1. The molecule has 114 valence electrons. The number of furan rings is 1. The second-order valence-electron chi connectivity index (χ2n) is 5.25. The highest BCUT2D eigenvalue weighted by atomic mass is 35.5. The van der Waals surface area contributed by atoms with Crippen molar-refractivity contribution in [2.75, 3.05) is 7.11 Å². The Balaban J connectivity index is 2.09. The van der Waals surface area contributed by atoms with Crippen LogP contribution in [0.15, 0.2) is 59.0 Å². The zero-order valence-corrected chi connectivity index (χ0v) is 13.0. The quantitative estimate of drug-likeness (QED) is 0.447. The van der Waals surface area contributed by atoms with E-state index >= 15 is 0 Å². The summed E-state index contributed by atoms with van der Waals surface area (Å²) in [5, 5.41) is 1.98. The van der Waals surface area contributed by atoms with Crippen molar-refractivity contribution in [3.8, 4) is 16.9 Å². The Labute approximate surface area is 137 Å². The molecule has 3 aromatic carbocycles. The summed E-state index contributed by atoms with van der Waals surface area (Å²) in [6, 6.07) is 16.3. The van der Waals surface area contributed by atoms with E-state index in [0.29, 0.717) is 22.5 Å². The predicted octanol–water partition coefficient (Wildman–Crippen LogP) is 6.05. The summed E-state index contributed by atoms with van der Waals surface area (Å²) in [5.74, 6) is 0.0809. The average molecular weight is 327 g/mol. The van der Waals surface area contributed by atoms with Crippen LogP contribution >= 0.6 is 11.6 Å². The summed E-state index contributed by atoms with van der Waals surface area (Å²) in [5.41, 5.74) is 2.54. The van der Waals surface area contributed by atoms with Gasteiger partial charge in [-0.1, -0.05) is 41.9 Å². The highest BCUT2D eigenvalue weighted by molar-refractivity contribution is 6.31. The summed E-state index contributed by atoms with van der Waals surface area (Å²) >= 11 is 5.92. The molecular formula is C19H12ClFO2. The number of benzene rings is 3. The Morgan fingerprint density at radius 3 is 2.57 bits per heavy atom. The molecule has 1 heterocycles. The fourth-order valence-corrected chi connectivity index (χ4v) is 3.02. The predicted molar refractivity (Wildman–Crippen MR) is 90.7 cm³/mol. The molecule has 23 heavy (non-hydrogen) atoms. The molecule has 0 aliphatic heterocycles. The molecule has 0 unspecified atom stereocenters. The first-order chi connectivity index (χ1) is 11.2. The molecule has 4 heteroatoms. The van der Waals surface area contributed by atoms with Crippen LogP contribution in [0.25, 0.3) is 33.1 Å². The standard InChI is InChI=1S/C19H12ClFO2/c1-22-17-10-18-13(11-5-2-3-8-16(11)23-18)9-14(17)12-6-4-7-15(20)19(12)21/h2-10H,1H3. The minimum Gasteiger partial charge on any atom is -0.496 e. The maximum absolute atomic E-state index is 14.4. The second kappa shape index (κ2) is 5.28. The van der Waals surface area contributed by atoms with E-state index in [1.807, 2.05) is 30.3 Å². The maximum Gasteiger partial charge on any atom is 0.149 e. The van der Waals surface area contributed by atoms with Crippen LogP contribution < -0.4 is 4.74 Å². The van der Waals surface area contributed by atoms with Crippen LogP contribution in [-0.2, 0) is 0 Å². The van der Waals surface area contributed by atoms with Gasteiger partial charge < -0.3 is 9.15 Å². The van der Waals surface area contributed by atoms with E-state index in [-0.39, 0.29) is 5.02 Å². The largest absolute Gasteiger partial charge is 0.496 e. The van der Waals surface area contributed by atoms with Gasteiger partial charge in [0, 0.05) is 28.0 Å². The number of halogens is 2. The number of rotatable bonds is 2. The molecule has 0 spiro atoms. The minimum absolute atomic E-state index is 0.0849. The van der Waals surface area contributed by atoms with E-state index in [9.17, 15) is 4.39 Å². The summed E-state index contributed by atoms with van der Waals surface area (Å²) in [6.07, 6.45) is 0. The lowest BCUT2D eigenvalue weighted by molar-refractivity contribution is 0.416. The van der Waals surface area contributed by atoms with Crippen LogP contribution in [0.5, 0.6) is 5.75 Å². The molecule has 0 saturated heterocycles. The van der Waals surface area contributed by atoms with Crippen LogP contribution in [0.4, 0.5) is 4.39 Å². The van der Waals surface area contributed by atoms with Crippen LogP contribution in [0.1, 0.15) is 0 Å². The Morgan fingerprint density at radius 1 is 0.913 bits per heavy atom. The smallest absolute Gasteiger partial charge is 0.149 e. The fraction of sp³-hybridized carbons (Fsp3) is 0.0526. The summed E-state index contributed by atoms with van der Waals surface area (Å²) in [7, 11) is 1.55. The lowest BCUT2D eigenvalue weighted by Crippen LogP contribution is -1.91. The zero-order chi connectivity index (χ0) is 16.0. The third kappa shape index (κ3) is 2.16. The Morgan fingerprint density at radius 2 is 1.74 bits per heavy atom. The van der Waals surface area contributed by atoms with Gasteiger partial charge in [-0.2, -0.15) is 0 Å². The molecule has 0 aliphatic rings. The molecule has 0 aliphatic carbocycles. The van der Waals surface area contributed by atoms with E-state index in [0.717, 1.165) is 16.4 Å². The highest BCUT2D eigenvalue weighted by Gasteiger charge is 2.17. The van der Waals surface area contributed by atoms with Gasteiger partial charge in [0.25, 0.3) is 0 Å². The van der Waals surface area contributed by atoms with Gasteiger partial charge in [-0.05, 0) is 18.2 Å². The van der Waals surface area contributed by atoms with Gasteiger partial charge in [-0.25, -0.2) is 4.39 Å². The average Bonchev–Trinajstić information content (AvgIpc) is 2.94.